The molecule has 0 saturated carbocycles. The van der Waals surface area contributed by atoms with E-state index in [0.717, 1.165) is 19.3 Å². The highest BCUT2D eigenvalue weighted by atomic mass is 16.4. The SMILES string of the molecule is CCCN(CC(=O)O)C(=O)CN1C(C)CCC1C. The average molecular weight is 256 g/mol. The number of rotatable bonds is 6. The fraction of sp³-hybridized carbons (Fsp3) is 0.846. The molecule has 2 atom stereocenters. The van der Waals surface area contributed by atoms with E-state index in [1.807, 2.05) is 6.92 Å². The molecule has 0 spiro atoms. The van der Waals surface area contributed by atoms with Gasteiger partial charge in [-0.2, -0.15) is 0 Å². The quantitative estimate of drug-likeness (QED) is 0.775. The van der Waals surface area contributed by atoms with Gasteiger partial charge >= 0.3 is 5.97 Å². The van der Waals surface area contributed by atoms with Gasteiger partial charge in [-0.25, -0.2) is 0 Å². The van der Waals surface area contributed by atoms with E-state index >= 15 is 0 Å². The van der Waals surface area contributed by atoms with Gasteiger partial charge in [-0.3, -0.25) is 14.5 Å². The lowest BCUT2D eigenvalue weighted by atomic mass is 10.2. The van der Waals surface area contributed by atoms with Gasteiger partial charge in [-0.05, 0) is 33.1 Å². The average Bonchev–Trinajstić information content (AvgIpc) is 2.59. The number of likely N-dealkylation sites (tertiary alicyclic amines) is 1. The maximum Gasteiger partial charge on any atom is 0.323 e. The number of hydrogen-bond donors (Lipinski definition) is 1. The molecule has 1 aliphatic rings. The number of carboxylic acid groups (broad SMARTS) is 1. The normalized spacial score (nSPS) is 24.2. The van der Waals surface area contributed by atoms with Crippen LogP contribution in [0, 0.1) is 0 Å². The van der Waals surface area contributed by atoms with Gasteiger partial charge in [0, 0.05) is 18.6 Å². The number of aliphatic carboxylic acids is 1. The fourth-order valence-corrected chi connectivity index (χ4v) is 2.54. The van der Waals surface area contributed by atoms with E-state index in [2.05, 4.69) is 18.7 Å². The van der Waals surface area contributed by atoms with Gasteiger partial charge in [0.25, 0.3) is 0 Å². The Kier molecular flexibility index (Phi) is 5.59. The number of amides is 1. The highest BCUT2D eigenvalue weighted by molar-refractivity contribution is 5.82. The second-order valence-electron chi connectivity index (χ2n) is 5.16. The van der Waals surface area contributed by atoms with Crippen molar-refractivity contribution in [2.75, 3.05) is 19.6 Å². The van der Waals surface area contributed by atoms with E-state index in [0.29, 0.717) is 25.2 Å². The molecule has 1 saturated heterocycles. The second-order valence-corrected chi connectivity index (χ2v) is 5.16. The zero-order valence-corrected chi connectivity index (χ0v) is 11.6. The van der Waals surface area contributed by atoms with Crippen LogP contribution in [0.2, 0.25) is 0 Å². The minimum absolute atomic E-state index is 0.0696. The topological polar surface area (TPSA) is 60.9 Å². The summed E-state index contributed by atoms with van der Waals surface area (Å²) in [5, 5.41) is 8.82. The Morgan fingerprint density at radius 3 is 2.28 bits per heavy atom. The Morgan fingerprint density at radius 1 is 1.28 bits per heavy atom. The van der Waals surface area contributed by atoms with Crippen molar-refractivity contribution in [1.29, 1.82) is 0 Å². The first-order valence-corrected chi connectivity index (χ1v) is 6.71. The predicted molar refractivity (Wildman–Crippen MR) is 69.4 cm³/mol. The zero-order valence-electron chi connectivity index (χ0n) is 11.6. The van der Waals surface area contributed by atoms with Crippen LogP contribution < -0.4 is 0 Å². The predicted octanol–water partition coefficient (Wildman–Crippen LogP) is 1.18. The molecular formula is C13H24N2O3. The summed E-state index contributed by atoms with van der Waals surface area (Å²) in [4.78, 5) is 26.5. The van der Waals surface area contributed by atoms with Crippen molar-refractivity contribution in [1.82, 2.24) is 9.80 Å². The molecule has 5 heteroatoms. The van der Waals surface area contributed by atoms with Crippen LogP contribution in [0.5, 0.6) is 0 Å². The van der Waals surface area contributed by atoms with Crippen LogP contribution in [0.1, 0.15) is 40.0 Å². The van der Waals surface area contributed by atoms with Crippen molar-refractivity contribution in [3.63, 3.8) is 0 Å². The molecular weight excluding hydrogens is 232 g/mol. The van der Waals surface area contributed by atoms with Gasteiger partial charge in [0.2, 0.25) is 5.91 Å². The molecule has 1 rings (SSSR count). The Bertz CT molecular complexity index is 297. The van der Waals surface area contributed by atoms with Gasteiger partial charge in [-0.15, -0.1) is 0 Å². The van der Waals surface area contributed by atoms with Crippen LogP contribution in [0.4, 0.5) is 0 Å². The van der Waals surface area contributed by atoms with Crippen molar-refractivity contribution >= 4 is 11.9 Å². The van der Waals surface area contributed by atoms with Crippen LogP contribution in [-0.2, 0) is 9.59 Å². The van der Waals surface area contributed by atoms with Crippen molar-refractivity contribution < 1.29 is 14.7 Å². The lowest BCUT2D eigenvalue weighted by molar-refractivity contribution is -0.145. The zero-order chi connectivity index (χ0) is 13.7. The maximum absolute atomic E-state index is 12.1. The van der Waals surface area contributed by atoms with Crippen LogP contribution >= 0.6 is 0 Å². The van der Waals surface area contributed by atoms with Crippen LogP contribution in [-0.4, -0.2) is 58.5 Å². The van der Waals surface area contributed by atoms with E-state index in [4.69, 9.17) is 5.11 Å². The first-order valence-electron chi connectivity index (χ1n) is 6.71. The minimum Gasteiger partial charge on any atom is -0.480 e. The van der Waals surface area contributed by atoms with E-state index in [-0.39, 0.29) is 12.5 Å². The molecule has 0 bridgehead atoms. The van der Waals surface area contributed by atoms with E-state index < -0.39 is 5.97 Å². The molecule has 18 heavy (non-hydrogen) atoms. The Morgan fingerprint density at radius 2 is 1.83 bits per heavy atom. The molecule has 5 nitrogen and oxygen atoms in total. The first kappa shape index (κ1) is 15.0. The Balaban J connectivity index is 2.57. The highest BCUT2D eigenvalue weighted by Crippen LogP contribution is 2.23. The first-order chi connectivity index (χ1) is 8.45. The van der Waals surface area contributed by atoms with Crippen molar-refractivity contribution in [2.45, 2.75) is 52.1 Å². The summed E-state index contributed by atoms with van der Waals surface area (Å²) in [6, 6.07) is 0.828. The fourth-order valence-electron chi connectivity index (χ4n) is 2.54. The second kappa shape index (κ2) is 6.73. The molecule has 104 valence electrons. The van der Waals surface area contributed by atoms with Crippen LogP contribution in [0.25, 0.3) is 0 Å². The molecule has 0 aromatic rings. The molecule has 1 amide bonds. The number of carboxylic acids is 1. The smallest absolute Gasteiger partial charge is 0.323 e. The van der Waals surface area contributed by atoms with Crippen LogP contribution in [0.15, 0.2) is 0 Å². The van der Waals surface area contributed by atoms with Crippen molar-refractivity contribution in [2.24, 2.45) is 0 Å². The van der Waals surface area contributed by atoms with Gasteiger partial charge in [-0.1, -0.05) is 6.92 Å². The molecule has 1 aliphatic heterocycles. The monoisotopic (exact) mass is 256 g/mol. The summed E-state index contributed by atoms with van der Waals surface area (Å²) in [6.07, 6.45) is 3.01. The number of carbonyl (C=O) groups excluding carboxylic acids is 1. The standard InChI is InChI=1S/C13H24N2O3/c1-4-7-14(9-13(17)18)12(16)8-15-10(2)5-6-11(15)3/h10-11H,4-9H2,1-3H3,(H,17,18). The lowest BCUT2D eigenvalue weighted by Crippen LogP contribution is -2.45. The lowest BCUT2D eigenvalue weighted by Gasteiger charge is -2.28. The van der Waals surface area contributed by atoms with Crippen molar-refractivity contribution in [3.05, 3.63) is 0 Å². The van der Waals surface area contributed by atoms with E-state index in [1.165, 1.54) is 4.90 Å². The molecule has 2 unspecified atom stereocenters. The summed E-state index contributed by atoms with van der Waals surface area (Å²) in [5.74, 6) is -1.01. The molecule has 0 aromatic carbocycles. The van der Waals surface area contributed by atoms with Gasteiger partial charge < -0.3 is 10.0 Å². The molecule has 1 heterocycles. The maximum atomic E-state index is 12.1. The largest absolute Gasteiger partial charge is 0.480 e. The molecule has 0 radical (unpaired) electrons. The van der Waals surface area contributed by atoms with E-state index in [1.54, 1.807) is 0 Å². The molecule has 0 aromatic heterocycles. The number of carbonyl (C=O) groups is 2. The summed E-state index contributed by atoms with van der Waals surface area (Å²) in [7, 11) is 0. The number of hydrogen-bond acceptors (Lipinski definition) is 3. The number of nitrogens with zero attached hydrogens (tertiary/aromatic N) is 2. The third-order valence-corrected chi connectivity index (χ3v) is 3.62. The third kappa shape index (κ3) is 3.98. The summed E-state index contributed by atoms with van der Waals surface area (Å²) < 4.78 is 0. The minimum atomic E-state index is -0.945. The van der Waals surface area contributed by atoms with Crippen molar-refractivity contribution in [3.8, 4) is 0 Å². The molecule has 1 N–H and O–H groups in total. The third-order valence-electron chi connectivity index (χ3n) is 3.62. The molecule has 0 aliphatic carbocycles. The van der Waals surface area contributed by atoms with Crippen LogP contribution in [0.3, 0.4) is 0 Å². The van der Waals surface area contributed by atoms with Gasteiger partial charge in [0.15, 0.2) is 0 Å². The van der Waals surface area contributed by atoms with Gasteiger partial charge in [0.05, 0.1) is 6.54 Å². The Hall–Kier alpha value is -1.10. The summed E-state index contributed by atoms with van der Waals surface area (Å²) in [5.41, 5.74) is 0. The Labute approximate surface area is 109 Å². The summed E-state index contributed by atoms with van der Waals surface area (Å²) in [6.45, 7) is 6.86. The van der Waals surface area contributed by atoms with Gasteiger partial charge in [0.1, 0.15) is 6.54 Å². The van der Waals surface area contributed by atoms with E-state index in [9.17, 15) is 9.59 Å². The highest BCUT2D eigenvalue weighted by Gasteiger charge is 2.30. The molecule has 1 fully saturated rings. The summed E-state index contributed by atoms with van der Waals surface area (Å²) >= 11 is 0.